The van der Waals surface area contributed by atoms with Gasteiger partial charge in [0.15, 0.2) is 0 Å². The van der Waals surface area contributed by atoms with Crippen LogP contribution in [0.5, 0.6) is 0 Å². The summed E-state index contributed by atoms with van der Waals surface area (Å²) in [6, 6.07) is 0. The van der Waals surface area contributed by atoms with Crippen LogP contribution < -0.4 is 5.32 Å². The molecule has 0 aromatic rings. The minimum atomic E-state index is 0.972. The first-order valence-corrected chi connectivity index (χ1v) is 7.94. The van der Waals surface area contributed by atoms with Gasteiger partial charge in [0.2, 0.25) is 0 Å². The lowest BCUT2D eigenvalue weighted by molar-refractivity contribution is 0.246. The monoisotopic (exact) mass is 237 g/mol. The van der Waals surface area contributed by atoms with Crippen molar-refractivity contribution in [1.29, 1.82) is 0 Å². The van der Waals surface area contributed by atoms with Gasteiger partial charge in [-0.15, -0.1) is 0 Å². The first-order chi connectivity index (χ1) is 8.24. The molecule has 4 unspecified atom stereocenters. The van der Waals surface area contributed by atoms with Crippen LogP contribution >= 0.6 is 0 Å². The van der Waals surface area contributed by atoms with E-state index in [1.165, 1.54) is 64.5 Å². The molecule has 2 fully saturated rings. The lowest BCUT2D eigenvalue weighted by Gasteiger charge is -2.30. The third-order valence-electron chi connectivity index (χ3n) is 4.96. The van der Waals surface area contributed by atoms with E-state index in [-0.39, 0.29) is 0 Å². The number of rotatable bonds is 4. The Labute approximate surface area is 108 Å². The van der Waals surface area contributed by atoms with E-state index in [9.17, 15) is 0 Å². The van der Waals surface area contributed by atoms with Gasteiger partial charge in [-0.25, -0.2) is 0 Å². The predicted octanol–water partition coefficient (Wildman–Crippen LogP) is 4.23. The molecule has 2 aliphatic carbocycles. The van der Waals surface area contributed by atoms with Crippen LogP contribution in [0.25, 0.3) is 0 Å². The first kappa shape index (κ1) is 13.4. The van der Waals surface area contributed by atoms with E-state index >= 15 is 0 Å². The zero-order chi connectivity index (χ0) is 12.1. The Morgan fingerprint density at radius 1 is 0.765 bits per heavy atom. The van der Waals surface area contributed by atoms with Crippen LogP contribution in [0.2, 0.25) is 0 Å². The highest BCUT2D eigenvalue weighted by Gasteiger charge is 2.21. The molecule has 2 rings (SSSR count). The van der Waals surface area contributed by atoms with Crippen molar-refractivity contribution in [2.75, 3.05) is 13.1 Å². The second-order valence-corrected chi connectivity index (χ2v) is 6.93. The average molecular weight is 237 g/mol. The standard InChI is InChI=1S/C16H31N/c1-13-5-3-7-15(9-13)11-17-12-16-8-4-6-14(2)10-16/h13-17H,3-12H2,1-2H3. The van der Waals surface area contributed by atoms with Crippen LogP contribution in [0.15, 0.2) is 0 Å². The molecule has 0 aromatic carbocycles. The quantitative estimate of drug-likeness (QED) is 0.771. The van der Waals surface area contributed by atoms with Gasteiger partial charge in [-0.2, -0.15) is 0 Å². The second-order valence-electron chi connectivity index (χ2n) is 6.93. The highest BCUT2D eigenvalue weighted by molar-refractivity contribution is 4.75. The molecular weight excluding hydrogens is 206 g/mol. The summed E-state index contributed by atoms with van der Waals surface area (Å²) >= 11 is 0. The Balaban J connectivity index is 1.58. The molecule has 2 aliphatic rings. The molecule has 0 bridgehead atoms. The summed E-state index contributed by atoms with van der Waals surface area (Å²) in [4.78, 5) is 0. The summed E-state index contributed by atoms with van der Waals surface area (Å²) in [5.41, 5.74) is 0. The van der Waals surface area contributed by atoms with E-state index in [1.54, 1.807) is 0 Å². The number of nitrogens with one attached hydrogen (secondary N) is 1. The molecule has 0 spiro atoms. The topological polar surface area (TPSA) is 12.0 Å². The molecule has 1 N–H and O–H groups in total. The van der Waals surface area contributed by atoms with Crippen LogP contribution in [-0.4, -0.2) is 13.1 Å². The van der Waals surface area contributed by atoms with Crippen molar-refractivity contribution in [2.24, 2.45) is 23.7 Å². The normalized spacial score (nSPS) is 39.2. The van der Waals surface area contributed by atoms with Crippen molar-refractivity contribution < 1.29 is 0 Å². The molecule has 0 radical (unpaired) electrons. The van der Waals surface area contributed by atoms with E-state index in [2.05, 4.69) is 19.2 Å². The highest BCUT2D eigenvalue weighted by Crippen LogP contribution is 2.29. The summed E-state index contributed by atoms with van der Waals surface area (Å²) < 4.78 is 0. The fraction of sp³-hybridized carbons (Fsp3) is 1.00. The Morgan fingerprint density at radius 2 is 1.24 bits per heavy atom. The fourth-order valence-electron chi connectivity index (χ4n) is 3.98. The molecule has 100 valence electrons. The van der Waals surface area contributed by atoms with Gasteiger partial charge in [-0.05, 0) is 62.4 Å². The van der Waals surface area contributed by atoms with Gasteiger partial charge in [-0.1, -0.05) is 39.5 Å². The van der Waals surface area contributed by atoms with Gasteiger partial charge < -0.3 is 5.32 Å². The Morgan fingerprint density at radius 3 is 1.65 bits per heavy atom. The van der Waals surface area contributed by atoms with Crippen LogP contribution in [-0.2, 0) is 0 Å². The zero-order valence-corrected chi connectivity index (χ0v) is 11.9. The fourth-order valence-corrected chi connectivity index (χ4v) is 3.98. The van der Waals surface area contributed by atoms with Crippen LogP contribution in [0.1, 0.15) is 65.2 Å². The minimum absolute atomic E-state index is 0.972. The first-order valence-electron chi connectivity index (χ1n) is 7.94. The molecule has 1 heteroatoms. The smallest absolute Gasteiger partial charge is 0.00203 e. The van der Waals surface area contributed by atoms with Crippen molar-refractivity contribution in [3.05, 3.63) is 0 Å². The van der Waals surface area contributed by atoms with Crippen LogP contribution in [0, 0.1) is 23.7 Å². The van der Waals surface area contributed by atoms with Gasteiger partial charge in [0.1, 0.15) is 0 Å². The molecule has 1 nitrogen and oxygen atoms in total. The molecule has 4 atom stereocenters. The van der Waals surface area contributed by atoms with Crippen LogP contribution in [0.4, 0.5) is 0 Å². The molecule has 0 amide bonds. The molecule has 0 aromatic heterocycles. The third kappa shape index (κ3) is 4.62. The van der Waals surface area contributed by atoms with Crippen LogP contribution in [0.3, 0.4) is 0 Å². The summed E-state index contributed by atoms with van der Waals surface area (Å²) in [6.45, 7) is 7.42. The summed E-state index contributed by atoms with van der Waals surface area (Å²) in [5.74, 6) is 3.90. The molecule has 0 aliphatic heterocycles. The maximum absolute atomic E-state index is 3.77. The minimum Gasteiger partial charge on any atom is -0.316 e. The third-order valence-corrected chi connectivity index (χ3v) is 4.96. The van der Waals surface area contributed by atoms with Gasteiger partial charge in [0, 0.05) is 0 Å². The zero-order valence-electron chi connectivity index (χ0n) is 11.9. The second kappa shape index (κ2) is 6.78. The average Bonchev–Trinajstić information content (AvgIpc) is 2.29. The van der Waals surface area contributed by atoms with E-state index in [1.807, 2.05) is 0 Å². The molecular formula is C16H31N. The molecule has 2 saturated carbocycles. The lowest BCUT2D eigenvalue weighted by atomic mass is 9.81. The predicted molar refractivity (Wildman–Crippen MR) is 75.1 cm³/mol. The van der Waals surface area contributed by atoms with Crippen molar-refractivity contribution in [3.8, 4) is 0 Å². The number of hydrogen-bond acceptors (Lipinski definition) is 1. The Hall–Kier alpha value is -0.0400. The van der Waals surface area contributed by atoms with Gasteiger partial charge in [-0.3, -0.25) is 0 Å². The Bertz CT molecular complexity index is 192. The maximum atomic E-state index is 3.77. The lowest BCUT2D eigenvalue weighted by Crippen LogP contribution is -2.32. The molecule has 0 heterocycles. The van der Waals surface area contributed by atoms with Crippen molar-refractivity contribution in [2.45, 2.75) is 65.2 Å². The van der Waals surface area contributed by atoms with Gasteiger partial charge in [0.25, 0.3) is 0 Å². The Kier molecular flexibility index (Phi) is 5.34. The SMILES string of the molecule is CC1CCCC(CNCC2CCCC(C)C2)C1. The summed E-state index contributed by atoms with van der Waals surface area (Å²) in [6.07, 6.45) is 11.7. The summed E-state index contributed by atoms with van der Waals surface area (Å²) in [5, 5.41) is 3.77. The maximum Gasteiger partial charge on any atom is -0.00203 e. The largest absolute Gasteiger partial charge is 0.316 e. The van der Waals surface area contributed by atoms with E-state index in [4.69, 9.17) is 0 Å². The van der Waals surface area contributed by atoms with Crippen molar-refractivity contribution >= 4 is 0 Å². The van der Waals surface area contributed by atoms with Crippen molar-refractivity contribution in [1.82, 2.24) is 5.32 Å². The molecule has 17 heavy (non-hydrogen) atoms. The summed E-state index contributed by atoms with van der Waals surface area (Å²) in [7, 11) is 0. The van der Waals surface area contributed by atoms with E-state index in [0.717, 1.165) is 23.7 Å². The highest BCUT2D eigenvalue weighted by atomic mass is 14.9. The number of hydrogen-bond donors (Lipinski definition) is 1. The van der Waals surface area contributed by atoms with Gasteiger partial charge in [0.05, 0.1) is 0 Å². The van der Waals surface area contributed by atoms with Crippen molar-refractivity contribution in [3.63, 3.8) is 0 Å². The molecule has 0 saturated heterocycles. The van der Waals surface area contributed by atoms with Gasteiger partial charge >= 0.3 is 0 Å². The van der Waals surface area contributed by atoms with E-state index in [0.29, 0.717) is 0 Å². The van der Waals surface area contributed by atoms with E-state index < -0.39 is 0 Å².